The lowest BCUT2D eigenvalue weighted by molar-refractivity contribution is -0.384. The number of nitro benzene ring substituents is 1. The van der Waals surface area contributed by atoms with Crippen molar-refractivity contribution in [2.24, 2.45) is 0 Å². The average molecular weight is 354 g/mol. The molecule has 3 rings (SSSR count). The second-order valence-electron chi connectivity index (χ2n) is 6.21. The lowest BCUT2D eigenvalue weighted by Crippen LogP contribution is -2.38. The molecule has 2 aromatic rings. The van der Waals surface area contributed by atoms with Crippen molar-refractivity contribution in [3.05, 3.63) is 68.8 Å². The zero-order chi connectivity index (χ0) is 18.8. The molecule has 0 aromatic heterocycles. The highest BCUT2D eigenvalue weighted by Crippen LogP contribution is 2.27. The molecule has 26 heavy (non-hydrogen) atoms. The van der Waals surface area contributed by atoms with Gasteiger partial charge in [-0.3, -0.25) is 14.9 Å². The van der Waals surface area contributed by atoms with Gasteiger partial charge in [-0.1, -0.05) is 25.1 Å². The van der Waals surface area contributed by atoms with Gasteiger partial charge >= 0.3 is 5.97 Å². The number of carbonyl (C=O) groups is 2. The first-order valence-corrected chi connectivity index (χ1v) is 8.27. The van der Waals surface area contributed by atoms with Gasteiger partial charge in [0.1, 0.15) is 5.69 Å². The highest BCUT2D eigenvalue weighted by Gasteiger charge is 2.32. The minimum absolute atomic E-state index is 0.0785. The SMILES string of the molecule is CCc1ccc2c(c1)CC(C(=O)Nc1ccc(C)cc1[N+](=O)[O-])OC2=O. The summed E-state index contributed by atoms with van der Waals surface area (Å²) in [6.45, 7) is 3.73. The fourth-order valence-electron chi connectivity index (χ4n) is 2.93. The Morgan fingerprint density at radius 2 is 2.08 bits per heavy atom. The molecule has 0 fully saturated rings. The Bertz CT molecular complexity index is 907. The molecule has 7 nitrogen and oxygen atoms in total. The summed E-state index contributed by atoms with van der Waals surface area (Å²) in [5, 5.41) is 13.7. The van der Waals surface area contributed by atoms with Crippen LogP contribution in [0.2, 0.25) is 0 Å². The molecule has 0 saturated carbocycles. The Balaban J connectivity index is 1.83. The fraction of sp³-hybridized carbons (Fsp3) is 0.263. The van der Waals surface area contributed by atoms with Crippen LogP contribution in [0.1, 0.15) is 34.0 Å². The summed E-state index contributed by atoms with van der Waals surface area (Å²) in [5.41, 5.74) is 2.85. The third-order valence-corrected chi connectivity index (χ3v) is 4.35. The fourth-order valence-corrected chi connectivity index (χ4v) is 2.93. The Hall–Kier alpha value is -3.22. The molecule has 0 aliphatic carbocycles. The van der Waals surface area contributed by atoms with E-state index >= 15 is 0 Å². The number of amides is 1. The highest BCUT2D eigenvalue weighted by molar-refractivity contribution is 6.01. The van der Waals surface area contributed by atoms with Crippen LogP contribution in [-0.2, 0) is 22.4 Å². The molecule has 1 N–H and O–H groups in total. The van der Waals surface area contributed by atoms with Crippen molar-refractivity contribution in [2.75, 3.05) is 5.32 Å². The quantitative estimate of drug-likeness (QED) is 0.516. The number of aryl methyl sites for hydroxylation is 2. The van der Waals surface area contributed by atoms with E-state index in [0.29, 0.717) is 11.1 Å². The van der Waals surface area contributed by atoms with Gasteiger partial charge in [0.15, 0.2) is 6.10 Å². The number of ether oxygens (including phenoxy) is 1. The van der Waals surface area contributed by atoms with Crippen LogP contribution in [0.3, 0.4) is 0 Å². The zero-order valence-electron chi connectivity index (χ0n) is 14.4. The van der Waals surface area contributed by atoms with Crippen LogP contribution in [-0.4, -0.2) is 22.9 Å². The number of nitrogens with zero attached hydrogens (tertiary/aromatic N) is 1. The van der Waals surface area contributed by atoms with Gasteiger partial charge in [-0.25, -0.2) is 4.79 Å². The Kier molecular flexibility index (Phi) is 4.71. The van der Waals surface area contributed by atoms with E-state index in [4.69, 9.17) is 4.74 Å². The topological polar surface area (TPSA) is 98.5 Å². The van der Waals surface area contributed by atoms with E-state index in [-0.39, 0.29) is 17.8 Å². The predicted molar refractivity (Wildman–Crippen MR) is 95.2 cm³/mol. The second-order valence-corrected chi connectivity index (χ2v) is 6.21. The van der Waals surface area contributed by atoms with Crippen molar-refractivity contribution in [3.63, 3.8) is 0 Å². The smallest absolute Gasteiger partial charge is 0.339 e. The lowest BCUT2D eigenvalue weighted by Gasteiger charge is -2.24. The molecular weight excluding hydrogens is 336 g/mol. The first-order valence-electron chi connectivity index (χ1n) is 8.27. The van der Waals surface area contributed by atoms with Gasteiger partial charge in [0.05, 0.1) is 10.5 Å². The monoisotopic (exact) mass is 354 g/mol. The Labute approximate surface area is 150 Å². The molecule has 1 atom stereocenters. The Morgan fingerprint density at radius 3 is 2.77 bits per heavy atom. The number of rotatable bonds is 4. The van der Waals surface area contributed by atoms with E-state index in [1.165, 1.54) is 12.1 Å². The minimum atomic E-state index is -1.02. The molecule has 1 unspecified atom stereocenters. The maximum Gasteiger partial charge on any atom is 0.339 e. The number of carbonyl (C=O) groups excluding carboxylic acids is 2. The number of anilines is 1. The van der Waals surface area contributed by atoms with Gasteiger partial charge in [-0.15, -0.1) is 0 Å². The van der Waals surface area contributed by atoms with E-state index in [9.17, 15) is 19.7 Å². The van der Waals surface area contributed by atoms with Crippen LogP contribution in [0, 0.1) is 17.0 Å². The number of hydrogen-bond acceptors (Lipinski definition) is 5. The molecule has 1 aliphatic rings. The second kappa shape index (κ2) is 6.95. The maximum absolute atomic E-state index is 12.5. The molecule has 7 heteroatoms. The molecule has 1 aliphatic heterocycles. The van der Waals surface area contributed by atoms with Crippen molar-refractivity contribution in [1.29, 1.82) is 0 Å². The molecule has 0 spiro atoms. The summed E-state index contributed by atoms with van der Waals surface area (Å²) >= 11 is 0. The lowest BCUT2D eigenvalue weighted by atomic mass is 9.95. The van der Waals surface area contributed by atoms with Gasteiger partial charge in [0, 0.05) is 12.5 Å². The van der Waals surface area contributed by atoms with Crippen LogP contribution in [0.4, 0.5) is 11.4 Å². The largest absolute Gasteiger partial charge is 0.448 e. The molecule has 0 bridgehead atoms. The van der Waals surface area contributed by atoms with E-state index < -0.39 is 22.9 Å². The maximum atomic E-state index is 12.5. The van der Waals surface area contributed by atoms with Crippen molar-refractivity contribution >= 4 is 23.3 Å². The molecule has 2 aromatic carbocycles. The van der Waals surface area contributed by atoms with Crippen LogP contribution in [0.25, 0.3) is 0 Å². The number of esters is 1. The Morgan fingerprint density at radius 1 is 1.31 bits per heavy atom. The van der Waals surface area contributed by atoms with E-state index in [1.807, 2.05) is 19.1 Å². The van der Waals surface area contributed by atoms with Gasteiger partial charge < -0.3 is 10.1 Å². The van der Waals surface area contributed by atoms with Gasteiger partial charge in [-0.2, -0.15) is 0 Å². The number of nitro groups is 1. The summed E-state index contributed by atoms with van der Waals surface area (Å²) in [6.07, 6.45) is 0.0258. The number of nitrogens with one attached hydrogen (secondary N) is 1. The first kappa shape index (κ1) is 17.6. The number of fused-ring (bicyclic) bond motifs is 1. The van der Waals surface area contributed by atoms with Crippen molar-refractivity contribution in [3.8, 4) is 0 Å². The van der Waals surface area contributed by atoms with Gasteiger partial charge in [0.2, 0.25) is 0 Å². The van der Waals surface area contributed by atoms with Crippen molar-refractivity contribution in [1.82, 2.24) is 0 Å². The average Bonchev–Trinajstić information content (AvgIpc) is 2.62. The molecule has 0 radical (unpaired) electrons. The normalized spacial score (nSPS) is 15.8. The number of hydrogen-bond donors (Lipinski definition) is 1. The summed E-state index contributed by atoms with van der Waals surface area (Å²) < 4.78 is 5.22. The molecule has 1 heterocycles. The number of benzene rings is 2. The molecule has 1 amide bonds. The molecular formula is C19H18N2O5. The predicted octanol–water partition coefficient (Wildman–Crippen LogP) is 3.19. The van der Waals surface area contributed by atoms with Crippen LogP contribution in [0.5, 0.6) is 0 Å². The third-order valence-electron chi connectivity index (χ3n) is 4.35. The van der Waals surface area contributed by atoms with E-state index in [1.54, 1.807) is 19.1 Å². The summed E-state index contributed by atoms with van der Waals surface area (Å²) in [5.74, 6) is -1.15. The van der Waals surface area contributed by atoms with Crippen LogP contribution < -0.4 is 5.32 Å². The van der Waals surface area contributed by atoms with E-state index in [2.05, 4.69) is 5.32 Å². The van der Waals surface area contributed by atoms with Crippen molar-refractivity contribution < 1.29 is 19.2 Å². The zero-order valence-corrected chi connectivity index (χ0v) is 14.4. The van der Waals surface area contributed by atoms with Crippen LogP contribution >= 0.6 is 0 Å². The summed E-state index contributed by atoms with van der Waals surface area (Å²) in [6, 6.07) is 9.97. The summed E-state index contributed by atoms with van der Waals surface area (Å²) in [7, 11) is 0. The number of cyclic esters (lactones) is 1. The summed E-state index contributed by atoms with van der Waals surface area (Å²) in [4.78, 5) is 35.3. The third kappa shape index (κ3) is 3.42. The van der Waals surface area contributed by atoms with Gasteiger partial charge in [0.25, 0.3) is 11.6 Å². The highest BCUT2D eigenvalue weighted by atomic mass is 16.6. The van der Waals surface area contributed by atoms with E-state index in [0.717, 1.165) is 17.5 Å². The van der Waals surface area contributed by atoms with Gasteiger partial charge in [-0.05, 0) is 42.2 Å². The minimum Gasteiger partial charge on any atom is -0.448 e. The van der Waals surface area contributed by atoms with Crippen LogP contribution in [0.15, 0.2) is 36.4 Å². The molecule has 134 valence electrons. The molecule has 0 saturated heterocycles. The van der Waals surface area contributed by atoms with Crippen molar-refractivity contribution in [2.45, 2.75) is 32.8 Å². The first-order chi connectivity index (χ1) is 12.4. The standard InChI is InChI=1S/C19H18N2O5/c1-3-12-5-6-14-13(9-12)10-17(26-19(14)23)18(22)20-15-7-4-11(2)8-16(15)21(24)25/h4-9,17H,3,10H2,1-2H3,(H,20,22).